The fourth-order valence-corrected chi connectivity index (χ4v) is 6.69. The highest BCUT2D eigenvalue weighted by molar-refractivity contribution is 6.36. The molecule has 0 saturated heterocycles. The summed E-state index contributed by atoms with van der Waals surface area (Å²) >= 11 is 0. The van der Waals surface area contributed by atoms with Crippen molar-refractivity contribution >= 4 is 54.1 Å². The Morgan fingerprint density at radius 3 is 1.65 bits per heavy atom. The standard InChI is InChI=1S/C40H25N3/c1-3-14-27(15-4-1)34-25-35(28-16-5-2-6-17-28)42-40(41-34)43-36-22-12-11-21-33(36)38-37-29-18-8-7-13-26(29)23-24-31(37)30-19-9-10-20-32(30)39(38)43/h1-25H. The molecule has 9 aromatic rings. The van der Waals surface area contributed by atoms with E-state index in [1.807, 2.05) is 12.1 Å². The molecule has 9 rings (SSSR count). The average Bonchev–Trinajstić information content (AvgIpc) is 3.44. The lowest BCUT2D eigenvalue weighted by atomic mass is 9.93. The van der Waals surface area contributed by atoms with E-state index in [0.717, 1.165) is 33.5 Å². The van der Waals surface area contributed by atoms with Crippen molar-refractivity contribution in [3.8, 4) is 28.5 Å². The van der Waals surface area contributed by atoms with E-state index in [-0.39, 0.29) is 0 Å². The predicted octanol–water partition coefficient (Wildman–Crippen LogP) is 10.4. The van der Waals surface area contributed by atoms with Crippen LogP contribution in [0, 0.1) is 0 Å². The largest absolute Gasteiger partial charge is 0.277 e. The van der Waals surface area contributed by atoms with Crippen molar-refractivity contribution in [3.63, 3.8) is 0 Å². The smallest absolute Gasteiger partial charge is 0.235 e. The minimum Gasteiger partial charge on any atom is -0.277 e. The summed E-state index contributed by atoms with van der Waals surface area (Å²) in [7, 11) is 0. The lowest BCUT2D eigenvalue weighted by Gasteiger charge is -2.14. The molecule has 0 spiro atoms. The van der Waals surface area contributed by atoms with Crippen molar-refractivity contribution in [2.75, 3.05) is 0 Å². The summed E-state index contributed by atoms with van der Waals surface area (Å²) in [6.07, 6.45) is 0. The fourth-order valence-electron chi connectivity index (χ4n) is 6.69. The van der Waals surface area contributed by atoms with E-state index in [1.165, 1.54) is 43.1 Å². The molecule has 0 bridgehead atoms. The first-order valence-corrected chi connectivity index (χ1v) is 14.6. The Morgan fingerprint density at radius 2 is 0.953 bits per heavy atom. The van der Waals surface area contributed by atoms with E-state index >= 15 is 0 Å². The highest BCUT2D eigenvalue weighted by atomic mass is 15.2. The molecule has 0 radical (unpaired) electrons. The Kier molecular flexibility index (Phi) is 5.20. The van der Waals surface area contributed by atoms with Gasteiger partial charge in [-0.1, -0.05) is 140 Å². The van der Waals surface area contributed by atoms with Gasteiger partial charge < -0.3 is 0 Å². The van der Waals surface area contributed by atoms with Crippen LogP contribution in [0.5, 0.6) is 0 Å². The van der Waals surface area contributed by atoms with Crippen LogP contribution in [0.1, 0.15) is 0 Å². The molecule has 0 aliphatic carbocycles. The van der Waals surface area contributed by atoms with Crippen molar-refractivity contribution < 1.29 is 0 Å². The Morgan fingerprint density at radius 1 is 0.395 bits per heavy atom. The minimum absolute atomic E-state index is 0.663. The number of benzene rings is 7. The molecule has 3 nitrogen and oxygen atoms in total. The summed E-state index contributed by atoms with van der Waals surface area (Å²) in [5.41, 5.74) is 6.13. The van der Waals surface area contributed by atoms with Gasteiger partial charge in [0.15, 0.2) is 0 Å². The number of nitrogens with zero attached hydrogens (tertiary/aromatic N) is 3. The van der Waals surface area contributed by atoms with E-state index in [2.05, 4.69) is 144 Å². The number of rotatable bonds is 3. The minimum atomic E-state index is 0.663. The lowest BCUT2D eigenvalue weighted by Crippen LogP contribution is -2.04. The van der Waals surface area contributed by atoms with Crippen LogP contribution < -0.4 is 0 Å². The van der Waals surface area contributed by atoms with E-state index in [0.29, 0.717) is 5.95 Å². The molecule has 0 aliphatic heterocycles. The summed E-state index contributed by atoms with van der Waals surface area (Å²) in [6, 6.07) is 53.5. The summed E-state index contributed by atoms with van der Waals surface area (Å²) in [5, 5.41) is 9.85. The Labute approximate surface area is 248 Å². The van der Waals surface area contributed by atoms with Gasteiger partial charge in [-0.25, -0.2) is 9.97 Å². The summed E-state index contributed by atoms with van der Waals surface area (Å²) in [4.78, 5) is 10.5. The molecule has 0 unspecified atom stereocenters. The molecule has 200 valence electrons. The molecule has 3 heteroatoms. The van der Waals surface area contributed by atoms with E-state index in [9.17, 15) is 0 Å². The lowest BCUT2D eigenvalue weighted by molar-refractivity contribution is 0.998. The molecular formula is C40H25N3. The van der Waals surface area contributed by atoms with Gasteiger partial charge in [-0.3, -0.25) is 4.57 Å². The summed E-state index contributed by atoms with van der Waals surface area (Å²) in [6.45, 7) is 0. The van der Waals surface area contributed by atoms with Gasteiger partial charge in [0.25, 0.3) is 0 Å². The third-order valence-electron chi connectivity index (χ3n) is 8.58. The van der Waals surface area contributed by atoms with Crippen molar-refractivity contribution in [3.05, 3.63) is 152 Å². The SMILES string of the molecule is c1ccc(-c2cc(-c3ccccc3)nc(-n3c4ccccc4c4c5c6ccccc6ccc5c5ccccc5c43)n2)cc1. The normalized spacial score (nSPS) is 11.7. The second-order valence-electron chi connectivity index (χ2n) is 11.0. The van der Waals surface area contributed by atoms with Gasteiger partial charge in [0.05, 0.1) is 22.4 Å². The van der Waals surface area contributed by atoms with Gasteiger partial charge in [0.1, 0.15) is 0 Å². The number of hydrogen-bond acceptors (Lipinski definition) is 2. The zero-order valence-electron chi connectivity index (χ0n) is 23.3. The second-order valence-corrected chi connectivity index (χ2v) is 11.0. The maximum atomic E-state index is 5.27. The molecule has 0 fully saturated rings. The first-order chi connectivity index (χ1) is 21.3. The number of fused-ring (bicyclic) bond motifs is 10. The highest BCUT2D eigenvalue weighted by Crippen LogP contribution is 2.44. The molecule has 2 heterocycles. The molecule has 0 atom stereocenters. The van der Waals surface area contributed by atoms with Crippen molar-refractivity contribution in [1.82, 2.24) is 14.5 Å². The maximum absolute atomic E-state index is 5.27. The van der Waals surface area contributed by atoms with E-state index < -0.39 is 0 Å². The zero-order chi connectivity index (χ0) is 28.3. The van der Waals surface area contributed by atoms with Crippen LogP contribution >= 0.6 is 0 Å². The first kappa shape index (κ1) is 23.9. The molecule has 0 aliphatic rings. The number of hydrogen-bond donors (Lipinski definition) is 0. The number of aromatic nitrogens is 3. The topological polar surface area (TPSA) is 30.7 Å². The van der Waals surface area contributed by atoms with Crippen LogP contribution in [0.15, 0.2) is 152 Å². The third-order valence-corrected chi connectivity index (χ3v) is 8.58. The summed E-state index contributed by atoms with van der Waals surface area (Å²) in [5.74, 6) is 0.663. The molecule has 43 heavy (non-hydrogen) atoms. The van der Waals surface area contributed by atoms with Gasteiger partial charge in [-0.15, -0.1) is 0 Å². The average molecular weight is 548 g/mol. The monoisotopic (exact) mass is 547 g/mol. The van der Waals surface area contributed by atoms with Crippen LogP contribution in [0.4, 0.5) is 0 Å². The van der Waals surface area contributed by atoms with Crippen LogP contribution in [0.2, 0.25) is 0 Å². The first-order valence-electron chi connectivity index (χ1n) is 14.6. The Hall–Kier alpha value is -5.80. The summed E-state index contributed by atoms with van der Waals surface area (Å²) < 4.78 is 2.28. The van der Waals surface area contributed by atoms with E-state index in [1.54, 1.807) is 0 Å². The van der Waals surface area contributed by atoms with Crippen molar-refractivity contribution in [1.29, 1.82) is 0 Å². The van der Waals surface area contributed by atoms with E-state index in [4.69, 9.17) is 9.97 Å². The molecule has 2 aromatic heterocycles. The highest BCUT2D eigenvalue weighted by Gasteiger charge is 2.22. The van der Waals surface area contributed by atoms with Crippen molar-refractivity contribution in [2.24, 2.45) is 0 Å². The van der Waals surface area contributed by atoms with Gasteiger partial charge in [-0.05, 0) is 33.7 Å². The third kappa shape index (κ3) is 3.62. The molecular weight excluding hydrogens is 522 g/mol. The molecule has 0 N–H and O–H groups in total. The second kappa shape index (κ2) is 9.37. The molecule has 0 amide bonds. The van der Waals surface area contributed by atoms with Gasteiger partial charge >= 0.3 is 0 Å². The molecule has 0 saturated carbocycles. The van der Waals surface area contributed by atoms with Crippen LogP contribution in [-0.4, -0.2) is 14.5 Å². The van der Waals surface area contributed by atoms with Crippen LogP contribution in [0.25, 0.3) is 82.6 Å². The molecule has 7 aromatic carbocycles. The van der Waals surface area contributed by atoms with Gasteiger partial charge in [0, 0.05) is 32.7 Å². The zero-order valence-corrected chi connectivity index (χ0v) is 23.3. The fraction of sp³-hybridized carbons (Fsp3) is 0. The van der Waals surface area contributed by atoms with Crippen molar-refractivity contribution in [2.45, 2.75) is 0 Å². The quantitative estimate of drug-likeness (QED) is 0.206. The van der Waals surface area contributed by atoms with Crippen LogP contribution in [0.3, 0.4) is 0 Å². The van der Waals surface area contributed by atoms with Crippen LogP contribution in [-0.2, 0) is 0 Å². The maximum Gasteiger partial charge on any atom is 0.235 e. The predicted molar refractivity (Wildman–Crippen MR) is 180 cm³/mol. The van der Waals surface area contributed by atoms with Gasteiger partial charge in [0.2, 0.25) is 5.95 Å². The van der Waals surface area contributed by atoms with Gasteiger partial charge in [-0.2, -0.15) is 0 Å². The number of para-hydroxylation sites is 1. The Bertz CT molecular complexity index is 2440. The Balaban J connectivity index is 1.51.